The number of carbonyl (C=O) groups excluding carboxylic acids is 1. The minimum atomic E-state index is -0.991. The summed E-state index contributed by atoms with van der Waals surface area (Å²) in [5.74, 6) is -1.48. The van der Waals surface area contributed by atoms with Crippen LogP contribution in [0.25, 0.3) is 0 Å². The van der Waals surface area contributed by atoms with Gasteiger partial charge in [-0.3, -0.25) is 9.69 Å². The molecule has 2 unspecified atom stereocenters. The number of carbonyl (C=O) groups is 2. The summed E-state index contributed by atoms with van der Waals surface area (Å²) in [6, 6.07) is 5.63. The Balaban J connectivity index is 1.92. The first-order valence-corrected chi connectivity index (χ1v) is 8.85. The first-order chi connectivity index (χ1) is 11.8. The lowest BCUT2D eigenvalue weighted by molar-refractivity contribution is -0.143. The quantitative estimate of drug-likeness (QED) is 0.793. The van der Waals surface area contributed by atoms with Gasteiger partial charge in [-0.05, 0) is 49.4 Å². The lowest BCUT2D eigenvalue weighted by atomic mass is 9.95. The maximum Gasteiger partial charge on any atom is 0.326 e. The first kappa shape index (κ1) is 19.4. The highest BCUT2D eigenvalue weighted by Gasteiger charge is 2.29. The fourth-order valence-corrected chi connectivity index (χ4v) is 3.29. The molecular formula is C19H27FN2O3. The average Bonchev–Trinajstić information content (AvgIpc) is 2.54. The number of piperidine rings is 1. The van der Waals surface area contributed by atoms with Crippen molar-refractivity contribution in [3.8, 4) is 0 Å². The summed E-state index contributed by atoms with van der Waals surface area (Å²) in [5.41, 5.74) is 0.879. The van der Waals surface area contributed by atoms with Gasteiger partial charge in [0, 0.05) is 13.1 Å². The molecule has 1 saturated heterocycles. The van der Waals surface area contributed by atoms with E-state index in [1.165, 1.54) is 12.1 Å². The molecule has 0 aliphatic carbocycles. The van der Waals surface area contributed by atoms with Crippen LogP contribution in [0.1, 0.15) is 38.7 Å². The lowest BCUT2D eigenvalue weighted by Gasteiger charge is -2.32. The fraction of sp³-hybridized carbons (Fsp3) is 0.579. The summed E-state index contributed by atoms with van der Waals surface area (Å²) in [6.45, 7) is 5.88. The van der Waals surface area contributed by atoms with Gasteiger partial charge in [0.25, 0.3) is 0 Å². The van der Waals surface area contributed by atoms with E-state index in [1.807, 2.05) is 19.9 Å². The van der Waals surface area contributed by atoms with E-state index < -0.39 is 12.0 Å². The second-order valence-corrected chi connectivity index (χ2v) is 7.23. The fourth-order valence-electron chi connectivity index (χ4n) is 3.29. The molecule has 138 valence electrons. The molecule has 1 aromatic carbocycles. The first-order valence-electron chi connectivity index (χ1n) is 8.85. The van der Waals surface area contributed by atoms with E-state index in [2.05, 4.69) is 10.2 Å². The molecule has 1 aliphatic heterocycles. The number of likely N-dealkylation sites (tertiary alicyclic amines) is 1. The van der Waals surface area contributed by atoms with E-state index in [4.69, 9.17) is 0 Å². The zero-order valence-corrected chi connectivity index (χ0v) is 14.9. The number of aliphatic carboxylic acids is 1. The Morgan fingerprint density at radius 3 is 2.80 bits per heavy atom. The summed E-state index contributed by atoms with van der Waals surface area (Å²) in [4.78, 5) is 25.9. The SMILES string of the molecule is CC(C)CC(NC(=O)C1CCCN(Cc2cccc(F)c2)C1)C(=O)O. The van der Waals surface area contributed by atoms with E-state index in [0.717, 1.165) is 24.9 Å². The van der Waals surface area contributed by atoms with Gasteiger partial charge in [-0.15, -0.1) is 0 Å². The van der Waals surface area contributed by atoms with E-state index in [-0.39, 0.29) is 23.6 Å². The third-order valence-electron chi connectivity index (χ3n) is 4.49. The third-order valence-corrected chi connectivity index (χ3v) is 4.49. The van der Waals surface area contributed by atoms with Crippen LogP contribution in [0.5, 0.6) is 0 Å². The molecule has 1 aliphatic rings. The number of amides is 1. The smallest absolute Gasteiger partial charge is 0.326 e. The molecule has 1 aromatic rings. The Morgan fingerprint density at radius 1 is 1.40 bits per heavy atom. The standard InChI is InChI=1S/C19H27FN2O3/c1-13(2)9-17(19(24)25)21-18(23)15-6-4-8-22(12-15)11-14-5-3-7-16(20)10-14/h3,5,7,10,13,15,17H,4,6,8-9,11-12H2,1-2H3,(H,21,23)(H,24,25). The predicted octanol–water partition coefficient (Wildman–Crippen LogP) is 2.65. The van der Waals surface area contributed by atoms with Gasteiger partial charge < -0.3 is 10.4 Å². The van der Waals surface area contributed by atoms with Crippen molar-refractivity contribution in [2.75, 3.05) is 13.1 Å². The van der Waals surface area contributed by atoms with Crippen LogP contribution in [0.2, 0.25) is 0 Å². The van der Waals surface area contributed by atoms with Crippen molar-refractivity contribution >= 4 is 11.9 Å². The zero-order valence-electron chi connectivity index (χ0n) is 14.9. The normalized spacial score (nSPS) is 19.6. The molecule has 0 aromatic heterocycles. The molecular weight excluding hydrogens is 323 g/mol. The van der Waals surface area contributed by atoms with E-state index in [0.29, 0.717) is 19.5 Å². The minimum Gasteiger partial charge on any atom is -0.480 e. The van der Waals surface area contributed by atoms with E-state index in [1.54, 1.807) is 6.07 Å². The molecule has 0 saturated carbocycles. The Kier molecular flexibility index (Phi) is 6.93. The second-order valence-electron chi connectivity index (χ2n) is 7.23. The summed E-state index contributed by atoms with van der Waals surface area (Å²) >= 11 is 0. The average molecular weight is 350 g/mol. The van der Waals surface area contributed by atoms with Crippen molar-refractivity contribution in [2.45, 2.75) is 45.7 Å². The number of nitrogens with zero attached hydrogens (tertiary/aromatic N) is 1. The molecule has 1 fully saturated rings. The highest BCUT2D eigenvalue weighted by Crippen LogP contribution is 2.20. The number of halogens is 1. The van der Waals surface area contributed by atoms with Gasteiger partial charge in [0.2, 0.25) is 5.91 Å². The molecule has 0 radical (unpaired) electrons. The summed E-state index contributed by atoms with van der Waals surface area (Å²) in [7, 11) is 0. The van der Waals surface area contributed by atoms with Crippen LogP contribution < -0.4 is 5.32 Å². The van der Waals surface area contributed by atoms with Crippen LogP contribution in [0.15, 0.2) is 24.3 Å². The maximum atomic E-state index is 13.3. The second kappa shape index (κ2) is 8.94. The van der Waals surface area contributed by atoms with Gasteiger partial charge in [0.1, 0.15) is 11.9 Å². The number of rotatable bonds is 7. The van der Waals surface area contributed by atoms with Gasteiger partial charge in [0.05, 0.1) is 5.92 Å². The molecule has 25 heavy (non-hydrogen) atoms. The van der Waals surface area contributed by atoms with Crippen LogP contribution in [0, 0.1) is 17.7 Å². The summed E-state index contributed by atoms with van der Waals surface area (Å²) in [5, 5.41) is 12.0. The molecule has 0 bridgehead atoms. The Bertz CT molecular complexity index is 606. The lowest BCUT2D eigenvalue weighted by Crippen LogP contribution is -2.48. The van der Waals surface area contributed by atoms with Crippen LogP contribution >= 0.6 is 0 Å². The van der Waals surface area contributed by atoms with Crippen molar-refractivity contribution in [3.63, 3.8) is 0 Å². The molecule has 2 N–H and O–H groups in total. The number of nitrogens with one attached hydrogen (secondary N) is 1. The van der Waals surface area contributed by atoms with Crippen LogP contribution in [-0.4, -0.2) is 41.0 Å². The number of carboxylic acid groups (broad SMARTS) is 1. The number of benzene rings is 1. The molecule has 0 spiro atoms. The van der Waals surface area contributed by atoms with Gasteiger partial charge in [-0.1, -0.05) is 26.0 Å². The number of hydrogen-bond donors (Lipinski definition) is 2. The highest BCUT2D eigenvalue weighted by molar-refractivity contribution is 5.85. The van der Waals surface area contributed by atoms with Gasteiger partial charge >= 0.3 is 5.97 Å². The van der Waals surface area contributed by atoms with E-state index in [9.17, 15) is 19.1 Å². The molecule has 2 rings (SSSR count). The van der Waals surface area contributed by atoms with Crippen molar-refractivity contribution in [3.05, 3.63) is 35.6 Å². The van der Waals surface area contributed by atoms with E-state index >= 15 is 0 Å². The van der Waals surface area contributed by atoms with Gasteiger partial charge in [0.15, 0.2) is 0 Å². The zero-order chi connectivity index (χ0) is 18.4. The molecule has 2 atom stereocenters. The summed E-state index contributed by atoms with van der Waals surface area (Å²) < 4.78 is 13.3. The van der Waals surface area contributed by atoms with Crippen molar-refractivity contribution in [2.24, 2.45) is 11.8 Å². The predicted molar refractivity (Wildman–Crippen MR) is 93.4 cm³/mol. The van der Waals surface area contributed by atoms with Crippen molar-refractivity contribution in [1.82, 2.24) is 10.2 Å². The number of hydrogen-bond acceptors (Lipinski definition) is 3. The topological polar surface area (TPSA) is 69.6 Å². The third kappa shape index (κ3) is 6.12. The minimum absolute atomic E-state index is 0.192. The van der Waals surface area contributed by atoms with Crippen LogP contribution in [-0.2, 0) is 16.1 Å². The van der Waals surface area contributed by atoms with Crippen LogP contribution in [0.4, 0.5) is 4.39 Å². The molecule has 6 heteroatoms. The molecule has 1 amide bonds. The monoisotopic (exact) mass is 350 g/mol. The summed E-state index contributed by atoms with van der Waals surface area (Å²) in [6.07, 6.45) is 2.04. The van der Waals surface area contributed by atoms with Gasteiger partial charge in [-0.2, -0.15) is 0 Å². The van der Waals surface area contributed by atoms with Crippen LogP contribution in [0.3, 0.4) is 0 Å². The molecule has 5 nitrogen and oxygen atoms in total. The van der Waals surface area contributed by atoms with Crippen molar-refractivity contribution < 1.29 is 19.1 Å². The Labute approximate surface area is 148 Å². The number of carboxylic acids is 1. The highest BCUT2D eigenvalue weighted by atomic mass is 19.1. The molecule has 1 heterocycles. The Hall–Kier alpha value is -1.95. The van der Waals surface area contributed by atoms with Gasteiger partial charge in [-0.25, -0.2) is 9.18 Å². The van der Waals surface area contributed by atoms with Crippen molar-refractivity contribution in [1.29, 1.82) is 0 Å². The maximum absolute atomic E-state index is 13.3. The Morgan fingerprint density at radius 2 is 2.16 bits per heavy atom. The largest absolute Gasteiger partial charge is 0.480 e.